The first-order valence-corrected chi connectivity index (χ1v) is 7.29. The minimum Gasteiger partial charge on any atom is -0.444 e. The van der Waals surface area contributed by atoms with E-state index in [0.717, 1.165) is 5.56 Å². The average molecular weight is 373 g/mol. The first kappa shape index (κ1) is 13.4. The van der Waals surface area contributed by atoms with Crippen LogP contribution < -0.4 is 5.32 Å². The number of alkyl halides is 1. The highest BCUT2D eigenvalue weighted by molar-refractivity contribution is 9.10. The molecule has 0 bridgehead atoms. The second-order valence-electron chi connectivity index (χ2n) is 3.69. The predicted molar refractivity (Wildman–Crippen MR) is 76.9 cm³/mol. The number of hydrogen-bond acceptors (Lipinski definition) is 2. The molecule has 18 heavy (non-hydrogen) atoms. The molecular weight excluding hydrogens is 362 g/mol. The van der Waals surface area contributed by atoms with Gasteiger partial charge >= 0.3 is 0 Å². The summed E-state index contributed by atoms with van der Waals surface area (Å²) in [6.07, 6.45) is 0. The Morgan fingerprint density at radius 1 is 1.22 bits per heavy atom. The van der Waals surface area contributed by atoms with Crippen molar-refractivity contribution in [1.29, 1.82) is 0 Å². The largest absolute Gasteiger partial charge is 0.444 e. The van der Waals surface area contributed by atoms with Crippen molar-refractivity contribution < 1.29 is 9.21 Å². The molecule has 1 unspecified atom stereocenters. The van der Waals surface area contributed by atoms with Crippen LogP contribution in [0.1, 0.15) is 22.2 Å². The maximum absolute atomic E-state index is 12.0. The molecule has 0 saturated heterocycles. The van der Waals surface area contributed by atoms with Gasteiger partial charge in [-0.3, -0.25) is 4.79 Å². The molecule has 94 valence electrons. The summed E-state index contributed by atoms with van der Waals surface area (Å²) in [6.45, 7) is 0. The Labute approximate surface area is 122 Å². The number of carbonyl (C=O) groups is 1. The Hall–Kier alpha value is -1.07. The molecule has 0 saturated carbocycles. The van der Waals surface area contributed by atoms with Crippen LogP contribution in [0.25, 0.3) is 0 Å². The van der Waals surface area contributed by atoms with Gasteiger partial charge < -0.3 is 9.73 Å². The minimum absolute atomic E-state index is 0.0809. The lowest BCUT2D eigenvalue weighted by atomic mass is 10.1. The Morgan fingerprint density at radius 2 is 1.94 bits per heavy atom. The zero-order valence-corrected chi connectivity index (χ0v) is 12.6. The van der Waals surface area contributed by atoms with Crippen molar-refractivity contribution in [2.75, 3.05) is 5.33 Å². The summed E-state index contributed by atoms with van der Waals surface area (Å²) < 4.78 is 5.76. The minimum atomic E-state index is -0.228. The molecule has 0 radical (unpaired) electrons. The second-order valence-corrected chi connectivity index (χ2v) is 5.12. The van der Waals surface area contributed by atoms with Gasteiger partial charge in [0.05, 0.1) is 6.04 Å². The first-order chi connectivity index (χ1) is 8.70. The number of halogens is 2. The average Bonchev–Trinajstić information content (AvgIpc) is 2.83. The molecule has 0 aliphatic rings. The molecule has 2 rings (SSSR count). The highest BCUT2D eigenvalue weighted by Crippen LogP contribution is 2.18. The van der Waals surface area contributed by atoms with Crippen molar-refractivity contribution >= 4 is 37.8 Å². The zero-order chi connectivity index (χ0) is 13.0. The lowest BCUT2D eigenvalue weighted by Gasteiger charge is -2.15. The van der Waals surface area contributed by atoms with Gasteiger partial charge in [-0.1, -0.05) is 46.3 Å². The number of benzene rings is 1. The van der Waals surface area contributed by atoms with Crippen LogP contribution >= 0.6 is 31.9 Å². The van der Waals surface area contributed by atoms with Crippen LogP contribution in [0, 0.1) is 0 Å². The quantitative estimate of drug-likeness (QED) is 0.826. The summed E-state index contributed by atoms with van der Waals surface area (Å²) in [4.78, 5) is 12.0. The van der Waals surface area contributed by atoms with E-state index in [-0.39, 0.29) is 11.9 Å². The van der Waals surface area contributed by atoms with E-state index in [1.165, 1.54) is 0 Å². The van der Waals surface area contributed by atoms with Gasteiger partial charge in [0.1, 0.15) is 0 Å². The van der Waals surface area contributed by atoms with E-state index in [1.54, 1.807) is 12.1 Å². The summed E-state index contributed by atoms with van der Waals surface area (Å²) in [5.41, 5.74) is 1.05. The predicted octanol–water partition coefficient (Wildman–Crippen LogP) is 3.91. The van der Waals surface area contributed by atoms with Crippen molar-refractivity contribution in [3.63, 3.8) is 0 Å². The van der Waals surface area contributed by atoms with Crippen LogP contribution in [0.3, 0.4) is 0 Å². The van der Waals surface area contributed by atoms with E-state index in [2.05, 4.69) is 37.2 Å². The van der Waals surface area contributed by atoms with Gasteiger partial charge in [-0.2, -0.15) is 0 Å². The summed E-state index contributed by atoms with van der Waals surface area (Å²) in [6, 6.07) is 13.0. The lowest BCUT2D eigenvalue weighted by molar-refractivity contribution is 0.0911. The van der Waals surface area contributed by atoms with E-state index < -0.39 is 0 Å². The molecule has 2 aromatic rings. The third kappa shape index (κ3) is 3.23. The van der Waals surface area contributed by atoms with Gasteiger partial charge in [0.25, 0.3) is 5.91 Å². The molecule has 0 aliphatic carbocycles. The molecule has 1 aromatic heterocycles. The third-order valence-electron chi connectivity index (χ3n) is 2.46. The summed E-state index contributed by atoms with van der Waals surface area (Å²) in [7, 11) is 0. The van der Waals surface area contributed by atoms with Gasteiger partial charge in [-0.05, 0) is 33.6 Å². The lowest BCUT2D eigenvalue weighted by Crippen LogP contribution is -2.29. The topological polar surface area (TPSA) is 42.2 Å². The van der Waals surface area contributed by atoms with Crippen molar-refractivity contribution in [3.05, 3.63) is 58.5 Å². The Morgan fingerprint density at radius 3 is 2.50 bits per heavy atom. The Kier molecular flexibility index (Phi) is 4.60. The highest BCUT2D eigenvalue weighted by Gasteiger charge is 2.16. The van der Waals surface area contributed by atoms with E-state index >= 15 is 0 Å². The van der Waals surface area contributed by atoms with Gasteiger partial charge in [0.2, 0.25) is 0 Å². The van der Waals surface area contributed by atoms with Crippen LogP contribution in [-0.2, 0) is 0 Å². The molecule has 5 heteroatoms. The molecule has 0 spiro atoms. The van der Waals surface area contributed by atoms with Crippen molar-refractivity contribution in [3.8, 4) is 0 Å². The van der Waals surface area contributed by atoms with E-state index in [9.17, 15) is 4.79 Å². The maximum atomic E-state index is 12.0. The molecule has 1 amide bonds. The fourth-order valence-electron chi connectivity index (χ4n) is 1.56. The third-order valence-corrected chi connectivity index (χ3v) is 3.53. The Balaban J connectivity index is 2.10. The number of rotatable bonds is 4. The number of furan rings is 1. The van der Waals surface area contributed by atoms with Gasteiger partial charge in [-0.25, -0.2) is 0 Å². The summed E-state index contributed by atoms with van der Waals surface area (Å²) in [5.74, 6) is 0.0674. The SMILES string of the molecule is O=C(NC(CBr)c1ccccc1)c1ccc(Br)o1. The standard InChI is InChI=1S/C13H11Br2NO2/c14-8-10(9-4-2-1-3-5-9)16-13(17)11-6-7-12(15)18-11/h1-7,10H,8H2,(H,16,17). The van der Waals surface area contributed by atoms with Crippen LogP contribution in [0.2, 0.25) is 0 Å². The van der Waals surface area contributed by atoms with Crippen LogP contribution in [0.15, 0.2) is 51.6 Å². The normalized spacial score (nSPS) is 12.1. The monoisotopic (exact) mass is 371 g/mol. The van der Waals surface area contributed by atoms with E-state index in [1.807, 2.05) is 30.3 Å². The fourth-order valence-corrected chi connectivity index (χ4v) is 2.40. The highest BCUT2D eigenvalue weighted by atomic mass is 79.9. The second kappa shape index (κ2) is 6.20. The molecule has 0 fully saturated rings. The van der Waals surface area contributed by atoms with Gasteiger partial charge in [0, 0.05) is 5.33 Å². The van der Waals surface area contributed by atoms with Crippen LogP contribution in [0.5, 0.6) is 0 Å². The van der Waals surface area contributed by atoms with Crippen molar-refractivity contribution in [2.45, 2.75) is 6.04 Å². The molecule has 0 aliphatic heterocycles. The van der Waals surface area contributed by atoms with Gasteiger partial charge in [0.15, 0.2) is 10.4 Å². The van der Waals surface area contributed by atoms with E-state index in [0.29, 0.717) is 15.8 Å². The molecule has 3 nitrogen and oxygen atoms in total. The molecule has 1 aromatic carbocycles. The fraction of sp³-hybridized carbons (Fsp3) is 0.154. The number of carbonyl (C=O) groups excluding carboxylic acids is 1. The van der Waals surface area contributed by atoms with Gasteiger partial charge in [-0.15, -0.1) is 0 Å². The molecule has 1 heterocycles. The van der Waals surface area contributed by atoms with Crippen LogP contribution in [0.4, 0.5) is 0 Å². The summed E-state index contributed by atoms with van der Waals surface area (Å²) in [5, 5.41) is 3.56. The van der Waals surface area contributed by atoms with E-state index in [4.69, 9.17) is 4.42 Å². The van der Waals surface area contributed by atoms with Crippen LogP contribution in [-0.4, -0.2) is 11.2 Å². The zero-order valence-electron chi connectivity index (χ0n) is 9.40. The van der Waals surface area contributed by atoms with Crippen molar-refractivity contribution in [1.82, 2.24) is 5.32 Å². The Bertz CT molecular complexity index is 525. The molecule has 1 atom stereocenters. The smallest absolute Gasteiger partial charge is 0.287 e. The molecular formula is C13H11Br2NO2. The maximum Gasteiger partial charge on any atom is 0.287 e. The number of hydrogen-bond donors (Lipinski definition) is 1. The first-order valence-electron chi connectivity index (χ1n) is 5.38. The summed E-state index contributed by atoms with van der Waals surface area (Å²) >= 11 is 6.58. The molecule has 1 N–H and O–H groups in total. The number of nitrogens with one attached hydrogen (secondary N) is 1. The number of amides is 1. The van der Waals surface area contributed by atoms with Crippen molar-refractivity contribution in [2.24, 2.45) is 0 Å².